The van der Waals surface area contributed by atoms with Crippen molar-refractivity contribution in [2.75, 3.05) is 0 Å². The van der Waals surface area contributed by atoms with Gasteiger partial charge in [0.15, 0.2) is 0 Å². The van der Waals surface area contributed by atoms with Crippen molar-refractivity contribution in [1.82, 2.24) is 4.98 Å². The summed E-state index contributed by atoms with van der Waals surface area (Å²) in [5, 5.41) is 26.6. The van der Waals surface area contributed by atoms with Crippen LogP contribution in [0.3, 0.4) is 0 Å². The Balaban J connectivity index is 2.35. The van der Waals surface area contributed by atoms with E-state index >= 15 is 0 Å². The average molecular weight is 195 g/mol. The number of nitrogens with one attached hydrogen (secondary N) is 1. The van der Waals surface area contributed by atoms with E-state index in [0.717, 1.165) is 10.9 Å². The van der Waals surface area contributed by atoms with Gasteiger partial charge >= 0.3 is 6.16 Å². The Morgan fingerprint density at radius 1 is 1.14 bits per heavy atom. The second-order valence-corrected chi connectivity index (χ2v) is 2.90. The minimum atomic E-state index is -3.13. The van der Waals surface area contributed by atoms with Gasteiger partial charge < -0.3 is 25.0 Å². The number of rotatable bonds is 2. The van der Waals surface area contributed by atoms with Crippen molar-refractivity contribution in [3.05, 3.63) is 30.5 Å². The van der Waals surface area contributed by atoms with Gasteiger partial charge in [0.2, 0.25) is 0 Å². The number of hydrogen-bond acceptors (Lipinski definition) is 4. The van der Waals surface area contributed by atoms with Gasteiger partial charge in [0.25, 0.3) is 0 Å². The molecule has 0 amide bonds. The fourth-order valence-corrected chi connectivity index (χ4v) is 1.25. The molecule has 0 spiro atoms. The minimum Gasteiger partial charge on any atom is -0.417 e. The summed E-state index contributed by atoms with van der Waals surface area (Å²) in [4.78, 5) is 2.97. The zero-order valence-electron chi connectivity index (χ0n) is 7.14. The number of hydrogen-bond donors (Lipinski definition) is 4. The van der Waals surface area contributed by atoms with E-state index in [-0.39, 0.29) is 5.75 Å². The zero-order valence-corrected chi connectivity index (χ0v) is 7.14. The Labute approximate surface area is 79.2 Å². The van der Waals surface area contributed by atoms with Crippen LogP contribution in [0, 0.1) is 0 Å². The molecule has 1 aromatic carbocycles. The van der Waals surface area contributed by atoms with Crippen LogP contribution >= 0.6 is 0 Å². The third kappa shape index (κ3) is 1.85. The Morgan fingerprint density at radius 2 is 1.93 bits per heavy atom. The van der Waals surface area contributed by atoms with Crippen LogP contribution in [0.15, 0.2) is 30.5 Å². The van der Waals surface area contributed by atoms with Gasteiger partial charge in [-0.05, 0) is 24.3 Å². The lowest BCUT2D eigenvalue weighted by Gasteiger charge is -2.14. The Morgan fingerprint density at radius 3 is 2.64 bits per heavy atom. The largest absolute Gasteiger partial charge is 0.453 e. The number of benzene rings is 1. The van der Waals surface area contributed by atoms with Crippen molar-refractivity contribution < 1.29 is 20.1 Å². The molecule has 74 valence electrons. The van der Waals surface area contributed by atoms with E-state index in [1.54, 1.807) is 24.4 Å². The van der Waals surface area contributed by atoms with Crippen LogP contribution < -0.4 is 4.74 Å². The van der Waals surface area contributed by atoms with Crippen LogP contribution in [0.4, 0.5) is 0 Å². The van der Waals surface area contributed by atoms with E-state index in [4.69, 9.17) is 15.3 Å². The quantitative estimate of drug-likeness (QED) is 0.513. The second kappa shape index (κ2) is 2.98. The van der Waals surface area contributed by atoms with Crippen molar-refractivity contribution in [2.24, 2.45) is 0 Å². The summed E-state index contributed by atoms with van der Waals surface area (Å²) in [6, 6.07) is 6.59. The lowest BCUT2D eigenvalue weighted by Crippen LogP contribution is -2.34. The molecule has 0 saturated heterocycles. The molecular weight excluding hydrogens is 186 g/mol. The molecule has 5 nitrogen and oxygen atoms in total. The molecule has 0 aliphatic heterocycles. The molecular formula is C9H9NO4. The SMILES string of the molecule is OC(O)(O)Oc1ccc2[nH]ccc2c1. The molecule has 0 radical (unpaired) electrons. The van der Waals surface area contributed by atoms with Gasteiger partial charge in [0.05, 0.1) is 0 Å². The predicted octanol–water partition coefficient (Wildman–Crippen LogP) is 0.135. The lowest BCUT2D eigenvalue weighted by molar-refractivity contribution is -0.419. The smallest absolute Gasteiger partial charge is 0.417 e. The van der Waals surface area contributed by atoms with Crippen LogP contribution in [-0.2, 0) is 0 Å². The highest BCUT2D eigenvalue weighted by atomic mass is 16.9. The zero-order chi connectivity index (χ0) is 10.2. The summed E-state index contributed by atoms with van der Waals surface area (Å²) in [5.74, 6) is 0.171. The molecule has 0 fully saturated rings. The van der Waals surface area contributed by atoms with Crippen LogP contribution in [0.25, 0.3) is 10.9 Å². The van der Waals surface area contributed by atoms with Gasteiger partial charge in [0, 0.05) is 17.1 Å². The molecule has 1 heterocycles. The number of fused-ring (bicyclic) bond motifs is 1. The Hall–Kier alpha value is -1.56. The highest BCUT2D eigenvalue weighted by Crippen LogP contribution is 2.21. The normalized spacial score (nSPS) is 11.9. The first-order valence-electron chi connectivity index (χ1n) is 3.98. The molecule has 4 N–H and O–H groups in total. The van der Waals surface area contributed by atoms with E-state index in [1.807, 2.05) is 0 Å². The minimum absolute atomic E-state index is 0.171. The highest BCUT2D eigenvalue weighted by molar-refractivity contribution is 5.80. The molecule has 14 heavy (non-hydrogen) atoms. The van der Waals surface area contributed by atoms with Crippen molar-refractivity contribution in [3.8, 4) is 5.75 Å². The number of aliphatic hydroxyl groups is 3. The standard InChI is InChI=1S/C9H9NO4/c11-9(12,13)14-7-1-2-8-6(5-7)3-4-10-8/h1-5,10-13H. The van der Waals surface area contributed by atoms with Crippen LogP contribution in [0.1, 0.15) is 0 Å². The molecule has 0 atom stereocenters. The molecule has 0 unspecified atom stereocenters. The number of aromatic nitrogens is 1. The first-order chi connectivity index (χ1) is 6.54. The van der Waals surface area contributed by atoms with Crippen molar-refractivity contribution in [3.63, 3.8) is 0 Å². The van der Waals surface area contributed by atoms with Crippen molar-refractivity contribution in [1.29, 1.82) is 0 Å². The molecule has 0 aliphatic carbocycles. The summed E-state index contributed by atoms with van der Waals surface area (Å²) in [5.41, 5.74) is 0.900. The van der Waals surface area contributed by atoms with E-state index in [2.05, 4.69) is 9.72 Å². The molecule has 0 bridgehead atoms. The van der Waals surface area contributed by atoms with Crippen molar-refractivity contribution in [2.45, 2.75) is 6.16 Å². The number of H-pyrrole nitrogens is 1. The van der Waals surface area contributed by atoms with Gasteiger partial charge in [-0.1, -0.05) is 0 Å². The van der Waals surface area contributed by atoms with Crippen LogP contribution in [-0.4, -0.2) is 26.5 Å². The maximum atomic E-state index is 8.57. The van der Waals surface area contributed by atoms with E-state index < -0.39 is 6.16 Å². The lowest BCUT2D eigenvalue weighted by atomic mass is 10.2. The molecule has 0 aliphatic rings. The first kappa shape index (κ1) is 9.01. The molecule has 2 aromatic rings. The maximum Gasteiger partial charge on any atom is 0.453 e. The van der Waals surface area contributed by atoms with Gasteiger partial charge in [-0.2, -0.15) is 0 Å². The van der Waals surface area contributed by atoms with Crippen LogP contribution in [0.5, 0.6) is 5.75 Å². The summed E-state index contributed by atoms with van der Waals surface area (Å²) in [6.07, 6.45) is -1.39. The Kier molecular flexibility index (Phi) is 1.92. The van der Waals surface area contributed by atoms with Crippen LogP contribution in [0.2, 0.25) is 0 Å². The molecule has 0 saturated carbocycles. The first-order valence-corrected chi connectivity index (χ1v) is 3.98. The van der Waals surface area contributed by atoms with E-state index in [0.29, 0.717) is 0 Å². The summed E-state index contributed by atoms with van der Waals surface area (Å²) in [7, 11) is 0. The third-order valence-electron chi connectivity index (χ3n) is 1.78. The van der Waals surface area contributed by atoms with Gasteiger partial charge in [-0.3, -0.25) is 0 Å². The fourth-order valence-electron chi connectivity index (χ4n) is 1.25. The van der Waals surface area contributed by atoms with Crippen molar-refractivity contribution >= 4 is 10.9 Å². The highest BCUT2D eigenvalue weighted by Gasteiger charge is 2.20. The van der Waals surface area contributed by atoms with Gasteiger partial charge in [-0.25, -0.2) is 0 Å². The molecule has 2 rings (SSSR count). The van der Waals surface area contributed by atoms with Gasteiger partial charge in [0.1, 0.15) is 5.75 Å². The fraction of sp³-hybridized carbons (Fsp3) is 0.111. The number of aromatic amines is 1. The third-order valence-corrected chi connectivity index (χ3v) is 1.78. The second-order valence-electron chi connectivity index (χ2n) is 2.90. The summed E-state index contributed by atoms with van der Waals surface area (Å²) < 4.78 is 4.43. The summed E-state index contributed by atoms with van der Waals surface area (Å²) in [6.45, 7) is 0. The summed E-state index contributed by atoms with van der Waals surface area (Å²) >= 11 is 0. The molecule has 5 heteroatoms. The topological polar surface area (TPSA) is 85.7 Å². The predicted molar refractivity (Wildman–Crippen MR) is 48.3 cm³/mol. The average Bonchev–Trinajstić information content (AvgIpc) is 2.47. The monoisotopic (exact) mass is 195 g/mol. The molecule has 1 aromatic heterocycles. The maximum absolute atomic E-state index is 8.57. The Bertz CT molecular complexity index is 443. The number of ether oxygens (including phenoxy) is 1. The van der Waals surface area contributed by atoms with E-state index in [1.165, 1.54) is 6.07 Å². The van der Waals surface area contributed by atoms with E-state index in [9.17, 15) is 0 Å². The van der Waals surface area contributed by atoms with Gasteiger partial charge in [-0.15, -0.1) is 0 Å².